The lowest BCUT2D eigenvalue weighted by atomic mass is 9.81. The van der Waals surface area contributed by atoms with Gasteiger partial charge in [-0.15, -0.1) is 0 Å². The topological polar surface area (TPSA) is 102 Å². The maximum Gasteiger partial charge on any atom is 0.309 e. The molecule has 2 amide bonds. The zero-order valence-corrected chi connectivity index (χ0v) is 15.0. The van der Waals surface area contributed by atoms with Crippen molar-refractivity contribution < 1.29 is 33.7 Å². The Morgan fingerprint density at radius 3 is 1.96 bits per heavy atom. The molecule has 0 radical (unpaired) electrons. The standard InChI is InChI=1S/C17H27NO7/c1-17(2,3)13(16(21)22)12-25-11-10-24-9-8-23-7-6-18-14(19)4-5-15(18)20/h4-5,13H,6-12H2,1-3H3,(H,21,22). The molecule has 25 heavy (non-hydrogen) atoms. The van der Waals surface area contributed by atoms with Crippen molar-refractivity contribution in [2.45, 2.75) is 20.8 Å². The third-order valence-electron chi connectivity index (χ3n) is 3.73. The van der Waals surface area contributed by atoms with E-state index in [2.05, 4.69) is 0 Å². The summed E-state index contributed by atoms with van der Waals surface area (Å²) in [6, 6.07) is 0. The van der Waals surface area contributed by atoms with Crippen molar-refractivity contribution in [3.63, 3.8) is 0 Å². The average Bonchev–Trinajstić information content (AvgIpc) is 2.82. The fourth-order valence-corrected chi connectivity index (χ4v) is 2.14. The first-order valence-electron chi connectivity index (χ1n) is 8.23. The van der Waals surface area contributed by atoms with Crippen LogP contribution < -0.4 is 0 Å². The van der Waals surface area contributed by atoms with Gasteiger partial charge in [0.25, 0.3) is 11.8 Å². The molecule has 1 aliphatic heterocycles. The highest BCUT2D eigenvalue weighted by Crippen LogP contribution is 2.26. The number of carboxylic acids is 1. The molecule has 8 heteroatoms. The number of imide groups is 1. The third-order valence-corrected chi connectivity index (χ3v) is 3.73. The summed E-state index contributed by atoms with van der Waals surface area (Å²) in [7, 11) is 0. The van der Waals surface area contributed by atoms with E-state index in [1.54, 1.807) is 0 Å². The van der Waals surface area contributed by atoms with Gasteiger partial charge in [0.05, 0.1) is 52.1 Å². The largest absolute Gasteiger partial charge is 0.481 e. The summed E-state index contributed by atoms with van der Waals surface area (Å²) in [6.45, 7) is 7.54. The molecule has 1 rings (SSSR count). The molecule has 0 fully saturated rings. The van der Waals surface area contributed by atoms with Crippen LogP contribution in [0.2, 0.25) is 0 Å². The van der Waals surface area contributed by atoms with Gasteiger partial charge in [-0.3, -0.25) is 19.3 Å². The van der Waals surface area contributed by atoms with E-state index >= 15 is 0 Å². The normalized spacial score (nSPS) is 15.9. The number of carboxylic acid groups (broad SMARTS) is 1. The minimum atomic E-state index is -0.869. The zero-order valence-electron chi connectivity index (χ0n) is 15.0. The second-order valence-electron chi connectivity index (χ2n) is 6.72. The molecule has 1 N–H and O–H groups in total. The van der Waals surface area contributed by atoms with Crippen molar-refractivity contribution >= 4 is 17.8 Å². The molecular weight excluding hydrogens is 330 g/mol. The zero-order chi connectivity index (χ0) is 18.9. The smallest absolute Gasteiger partial charge is 0.309 e. The van der Waals surface area contributed by atoms with Crippen LogP contribution in [0, 0.1) is 11.3 Å². The highest BCUT2D eigenvalue weighted by atomic mass is 16.5. The predicted octanol–water partition coefficient (Wildman–Crippen LogP) is 0.708. The van der Waals surface area contributed by atoms with E-state index in [-0.39, 0.29) is 37.0 Å². The first-order chi connectivity index (χ1) is 11.7. The summed E-state index contributed by atoms with van der Waals surface area (Å²) in [5, 5.41) is 9.17. The average molecular weight is 357 g/mol. The number of ether oxygens (including phenoxy) is 3. The molecule has 0 aromatic rings. The number of hydrogen-bond acceptors (Lipinski definition) is 6. The van der Waals surface area contributed by atoms with Crippen LogP contribution in [-0.4, -0.2) is 74.0 Å². The highest BCUT2D eigenvalue weighted by Gasteiger charge is 2.31. The molecular formula is C17H27NO7. The van der Waals surface area contributed by atoms with Crippen molar-refractivity contribution in [2.24, 2.45) is 11.3 Å². The quantitative estimate of drug-likeness (QED) is 0.405. The van der Waals surface area contributed by atoms with E-state index in [1.165, 1.54) is 12.2 Å². The maximum atomic E-state index is 11.3. The Labute approximate surface area is 147 Å². The van der Waals surface area contributed by atoms with E-state index in [0.717, 1.165) is 4.90 Å². The molecule has 1 heterocycles. The summed E-state index contributed by atoms with van der Waals surface area (Å²) in [5.41, 5.74) is -0.367. The maximum absolute atomic E-state index is 11.3. The van der Waals surface area contributed by atoms with Crippen molar-refractivity contribution in [1.82, 2.24) is 4.90 Å². The second kappa shape index (κ2) is 10.3. The van der Waals surface area contributed by atoms with Crippen molar-refractivity contribution in [2.75, 3.05) is 46.2 Å². The Morgan fingerprint density at radius 1 is 1.00 bits per heavy atom. The first-order valence-corrected chi connectivity index (χ1v) is 8.23. The Kier molecular flexibility index (Phi) is 8.74. The number of hydrogen-bond donors (Lipinski definition) is 1. The second-order valence-corrected chi connectivity index (χ2v) is 6.72. The minimum absolute atomic E-state index is 0.143. The Bertz CT molecular complexity index is 478. The number of carbonyl (C=O) groups excluding carboxylic acids is 2. The van der Waals surface area contributed by atoms with Gasteiger partial charge in [-0.2, -0.15) is 0 Å². The number of nitrogens with zero attached hydrogens (tertiary/aromatic N) is 1. The number of carbonyl (C=O) groups is 3. The van der Waals surface area contributed by atoms with E-state index in [9.17, 15) is 14.4 Å². The molecule has 0 aromatic carbocycles. The van der Waals surface area contributed by atoms with Crippen LogP contribution in [0.5, 0.6) is 0 Å². The van der Waals surface area contributed by atoms with Crippen molar-refractivity contribution in [1.29, 1.82) is 0 Å². The lowest BCUT2D eigenvalue weighted by Gasteiger charge is -2.26. The third kappa shape index (κ3) is 7.76. The van der Waals surface area contributed by atoms with Crippen LogP contribution in [0.25, 0.3) is 0 Å². The molecule has 0 bridgehead atoms. The van der Waals surface area contributed by atoms with Gasteiger partial charge in [-0.05, 0) is 5.41 Å². The van der Waals surface area contributed by atoms with Crippen molar-refractivity contribution in [3.05, 3.63) is 12.2 Å². The lowest BCUT2D eigenvalue weighted by molar-refractivity contribution is -0.149. The Morgan fingerprint density at radius 2 is 1.48 bits per heavy atom. The van der Waals surface area contributed by atoms with E-state index in [4.69, 9.17) is 19.3 Å². The molecule has 1 atom stereocenters. The molecule has 0 aromatic heterocycles. The van der Waals surface area contributed by atoms with Gasteiger partial charge >= 0.3 is 5.97 Å². The van der Waals surface area contributed by atoms with Crippen LogP contribution in [0.3, 0.4) is 0 Å². The van der Waals surface area contributed by atoms with Gasteiger partial charge in [0.1, 0.15) is 0 Å². The first kappa shape index (κ1) is 21.3. The van der Waals surface area contributed by atoms with Gasteiger partial charge in [0.2, 0.25) is 0 Å². The Balaban J connectivity index is 1.98. The fourth-order valence-electron chi connectivity index (χ4n) is 2.14. The van der Waals surface area contributed by atoms with E-state index < -0.39 is 11.9 Å². The number of rotatable bonds is 12. The van der Waals surface area contributed by atoms with E-state index in [1.807, 2.05) is 20.8 Å². The van der Waals surface area contributed by atoms with E-state index in [0.29, 0.717) is 26.4 Å². The lowest BCUT2D eigenvalue weighted by Crippen LogP contribution is -2.33. The SMILES string of the molecule is CC(C)(C)C(COCCOCCOCCN1C(=O)C=CC1=O)C(=O)O. The summed E-state index contributed by atoms with van der Waals surface area (Å²) in [6.07, 6.45) is 2.47. The van der Waals surface area contributed by atoms with Gasteiger partial charge in [0, 0.05) is 12.2 Å². The van der Waals surface area contributed by atoms with Crippen LogP contribution >= 0.6 is 0 Å². The molecule has 1 unspecified atom stereocenters. The Hall–Kier alpha value is -1.77. The van der Waals surface area contributed by atoms with Crippen LogP contribution in [-0.2, 0) is 28.6 Å². The minimum Gasteiger partial charge on any atom is -0.481 e. The molecule has 0 saturated carbocycles. The summed E-state index contributed by atoms with van der Waals surface area (Å²) >= 11 is 0. The summed E-state index contributed by atoms with van der Waals surface area (Å²) in [4.78, 5) is 34.9. The molecule has 0 aliphatic carbocycles. The van der Waals surface area contributed by atoms with Gasteiger partial charge in [-0.1, -0.05) is 20.8 Å². The van der Waals surface area contributed by atoms with Crippen LogP contribution in [0.15, 0.2) is 12.2 Å². The summed E-state index contributed by atoms with van der Waals surface area (Å²) in [5.74, 6) is -2.08. The molecule has 1 aliphatic rings. The number of aliphatic carboxylic acids is 1. The number of amides is 2. The molecule has 8 nitrogen and oxygen atoms in total. The van der Waals surface area contributed by atoms with Gasteiger partial charge < -0.3 is 19.3 Å². The predicted molar refractivity (Wildman–Crippen MR) is 88.9 cm³/mol. The fraction of sp³-hybridized carbons (Fsp3) is 0.706. The van der Waals surface area contributed by atoms with Crippen LogP contribution in [0.4, 0.5) is 0 Å². The molecule has 142 valence electrons. The van der Waals surface area contributed by atoms with Gasteiger partial charge in [0.15, 0.2) is 0 Å². The monoisotopic (exact) mass is 357 g/mol. The van der Waals surface area contributed by atoms with Gasteiger partial charge in [-0.25, -0.2) is 0 Å². The molecule has 0 spiro atoms. The summed E-state index contributed by atoms with van der Waals surface area (Å²) < 4.78 is 16.0. The van der Waals surface area contributed by atoms with Crippen LogP contribution in [0.1, 0.15) is 20.8 Å². The highest BCUT2D eigenvalue weighted by molar-refractivity contribution is 6.12. The molecule has 0 saturated heterocycles. The van der Waals surface area contributed by atoms with Crippen molar-refractivity contribution in [3.8, 4) is 0 Å².